The second kappa shape index (κ2) is 8.92. The molecular formula is C20H26N2O2S. The molecule has 4 nitrogen and oxygen atoms in total. The van der Waals surface area contributed by atoms with Gasteiger partial charge in [0.05, 0.1) is 17.8 Å². The third kappa shape index (κ3) is 5.51. The van der Waals surface area contributed by atoms with Gasteiger partial charge in [0, 0.05) is 13.6 Å². The van der Waals surface area contributed by atoms with Crippen molar-refractivity contribution in [2.75, 3.05) is 13.6 Å². The lowest BCUT2D eigenvalue weighted by Crippen LogP contribution is -2.14. The van der Waals surface area contributed by atoms with Crippen LogP contribution in [0.3, 0.4) is 0 Å². The highest BCUT2D eigenvalue weighted by Crippen LogP contribution is 2.26. The van der Waals surface area contributed by atoms with E-state index in [-0.39, 0.29) is 5.75 Å². The Hall–Kier alpha value is -1.98. The van der Waals surface area contributed by atoms with Gasteiger partial charge < -0.3 is 9.45 Å². The van der Waals surface area contributed by atoms with Gasteiger partial charge >= 0.3 is 0 Å². The zero-order valence-corrected chi connectivity index (χ0v) is 16.1. The summed E-state index contributed by atoms with van der Waals surface area (Å²) in [6.45, 7) is 7.16. The van der Waals surface area contributed by atoms with Crippen LogP contribution < -0.4 is 0 Å². The first kappa shape index (κ1) is 19.3. The fraction of sp³-hybridized carbons (Fsp3) is 0.350. The van der Waals surface area contributed by atoms with Gasteiger partial charge in [-0.2, -0.15) is 0 Å². The summed E-state index contributed by atoms with van der Waals surface area (Å²) in [5, 5.41) is 0. The number of aliphatic imine (C=N–C) groups is 1. The Morgan fingerprint density at radius 1 is 1.12 bits per heavy atom. The molecule has 0 saturated heterocycles. The molecule has 2 aromatic carbocycles. The third-order valence-electron chi connectivity index (χ3n) is 4.33. The van der Waals surface area contributed by atoms with Crippen LogP contribution in [0.1, 0.15) is 34.7 Å². The van der Waals surface area contributed by atoms with E-state index in [2.05, 4.69) is 37.9 Å². The van der Waals surface area contributed by atoms with E-state index in [9.17, 15) is 8.76 Å². The maximum atomic E-state index is 11.2. The Morgan fingerprint density at radius 2 is 1.80 bits per heavy atom. The quantitative estimate of drug-likeness (QED) is 0.458. The number of aryl methyl sites for hydroxylation is 2. The van der Waals surface area contributed by atoms with Crippen LogP contribution in [0.5, 0.6) is 0 Å². The van der Waals surface area contributed by atoms with E-state index in [0.29, 0.717) is 0 Å². The van der Waals surface area contributed by atoms with E-state index < -0.39 is 11.1 Å². The highest BCUT2D eigenvalue weighted by atomic mass is 32.2. The standard InChI is InChI=1S/C20H26N2O2S/c1-5-22(4)14-21-20-11-15(2)19(10-16(20)3)12-17-8-6-7-9-18(17)13-25(23)24/h6-11,14H,5,12-13H2,1-4H3,(H,23,24). The van der Waals surface area contributed by atoms with Crippen LogP contribution in [-0.4, -0.2) is 33.6 Å². The van der Waals surface area contributed by atoms with Gasteiger partial charge in [0.15, 0.2) is 11.1 Å². The molecule has 0 aromatic heterocycles. The Balaban J connectivity index is 2.29. The third-order valence-corrected chi connectivity index (χ3v) is 4.88. The van der Waals surface area contributed by atoms with Gasteiger partial charge in [-0.1, -0.05) is 30.3 Å². The molecule has 1 unspecified atom stereocenters. The van der Waals surface area contributed by atoms with E-state index in [4.69, 9.17) is 0 Å². The molecule has 1 atom stereocenters. The maximum absolute atomic E-state index is 11.2. The maximum Gasteiger partial charge on any atom is 0.157 e. The van der Waals surface area contributed by atoms with Crippen molar-refractivity contribution in [2.24, 2.45) is 4.99 Å². The minimum atomic E-state index is -1.83. The van der Waals surface area contributed by atoms with Gasteiger partial charge in [0.1, 0.15) is 0 Å². The van der Waals surface area contributed by atoms with Crippen LogP contribution in [-0.2, 0) is 23.3 Å². The first-order valence-electron chi connectivity index (χ1n) is 8.39. The molecule has 0 heterocycles. The SMILES string of the molecule is CCN(C)C=Nc1cc(C)c(Cc2ccccc2CS(=O)O)cc1C. The van der Waals surface area contributed by atoms with Crippen LogP contribution in [0.4, 0.5) is 5.69 Å². The smallest absolute Gasteiger partial charge is 0.157 e. The summed E-state index contributed by atoms with van der Waals surface area (Å²) >= 11 is -1.83. The Labute approximate surface area is 152 Å². The average molecular weight is 359 g/mol. The number of hydrogen-bond acceptors (Lipinski definition) is 2. The molecule has 0 spiro atoms. The summed E-state index contributed by atoms with van der Waals surface area (Å²) in [6.07, 6.45) is 2.60. The molecule has 2 aromatic rings. The predicted octanol–water partition coefficient (Wildman–Crippen LogP) is 4.23. The summed E-state index contributed by atoms with van der Waals surface area (Å²) in [5.74, 6) is 0.167. The summed E-state index contributed by atoms with van der Waals surface area (Å²) < 4.78 is 20.4. The second-order valence-electron chi connectivity index (χ2n) is 6.29. The molecule has 1 N–H and O–H groups in total. The van der Waals surface area contributed by atoms with Crippen molar-refractivity contribution in [3.05, 3.63) is 64.2 Å². The highest BCUT2D eigenvalue weighted by molar-refractivity contribution is 7.78. The summed E-state index contributed by atoms with van der Waals surface area (Å²) in [6, 6.07) is 12.1. The van der Waals surface area contributed by atoms with Crippen LogP contribution in [0.15, 0.2) is 41.4 Å². The number of rotatable bonds is 7. The molecule has 0 radical (unpaired) electrons. The Kier molecular flexibility index (Phi) is 6.91. The molecule has 0 bridgehead atoms. The fourth-order valence-corrected chi connectivity index (χ4v) is 3.19. The average Bonchev–Trinajstić information content (AvgIpc) is 2.57. The van der Waals surface area contributed by atoms with E-state index in [0.717, 1.165) is 35.3 Å². The van der Waals surface area contributed by atoms with Crippen LogP contribution in [0.25, 0.3) is 0 Å². The molecule has 0 saturated carbocycles. The van der Waals surface area contributed by atoms with Crippen LogP contribution in [0.2, 0.25) is 0 Å². The summed E-state index contributed by atoms with van der Waals surface area (Å²) in [4.78, 5) is 6.61. The van der Waals surface area contributed by atoms with Crippen molar-refractivity contribution in [3.8, 4) is 0 Å². The van der Waals surface area contributed by atoms with Crippen molar-refractivity contribution in [1.29, 1.82) is 0 Å². The first-order chi connectivity index (χ1) is 11.9. The van der Waals surface area contributed by atoms with Gasteiger partial charge in [0.25, 0.3) is 0 Å². The molecule has 25 heavy (non-hydrogen) atoms. The molecule has 2 rings (SSSR count). The Bertz CT molecular complexity index is 787. The molecule has 0 aliphatic rings. The normalized spacial score (nSPS) is 12.5. The molecule has 0 aliphatic heterocycles. The van der Waals surface area contributed by atoms with Crippen molar-refractivity contribution in [1.82, 2.24) is 4.90 Å². The summed E-state index contributed by atoms with van der Waals surface area (Å²) in [5.41, 5.74) is 6.52. The summed E-state index contributed by atoms with van der Waals surface area (Å²) in [7, 11) is 2.00. The fourth-order valence-electron chi connectivity index (χ4n) is 2.64. The molecule has 134 valence electrons. The Morgan fingerprint density at radius 3 is 2.44 bits per heavy atom. The van der Waals surface area contributed by atoms with E-state index >= 15 is 0 Å². The minimum absolute atomic E-state index is 0.167. The van der Waals surface area contributed by atoms with Gasteiger partial charge in [-0.25, -0.2) is 9.20 Å². The lowest BCUT2D eigenvalue weighted by Gasteiger charge is -2.13. The molecule has 0 amide bonds. The van der Waals surface area contributed by atoms with E-state index in [1.165, 1.54) is 11.1 Å². The lowest BCUT2D eigenvalue weighted by atomic mass is 9.95. The minimum Gasteiger partial charge on any atom is -0.366 e. The van der Waals surface area contributed by atoms with Crippen LogP contribution in [0, 0.1) is 13.8 Å². The molecular weight excluding hydrogens is 332 g/mol. The van der Waals surface area contributed by atoms with Crippen molar-refractivity contribution >= 4 is 23.1 Å². The number of hydrogen-bond donors (Lipinski definition) is 1. The largest absolute Gasteiger partial charge is 0.366 e. The zero-order chi connectivity index (χ0) is 18.4. The molecule has 0 aliphatic carbocycles. The second-order valence-corrected chi connectivity index (χ2v) is 7.23. The van der Waals surface area contributed by atoms with Gasteiger partial charge in [-0.3, -0.25) is 0 Å². The van der Waals surface area contributed by atoms with Gasteiger partial charge in [-0.05, 0) is 61.1 Å². The van der Waals surface area contributed by atoms with E-state index in [1.54, 1.807) is 0 Å². The van der Waals surface area contributed by atoms with Crippen molar-refractivity contribution in [3.63, 3.8) is 0 Å². The topological polar surface area (TPSA) is 52.9 Å². The van der Waals surface area contributed by atoms with Gasteiger partial charge in [0.2, 0.25) is 0 Å². The zero-order valence-electron chi connectivity index (χ0n) is 15.3. The van der Waals surface area contributed by atoms with Crippen LogP contribution >= 0.6 is 0 Å². The monoisotopic (exact) mass is 358 g/mol. The van der Waals surface area contributed by atoms with Crippen molar-refractivity contribution < 1.29 is 8.76 Å². The predicted molar refractivity (Wildman–Crippen MR) is 106 cm³/mol. The molecule has 0 fully saturated rings. The lowest BCUT2D eigenvalue weighted by molar-refractivity contribution is 0.552. The van der Waals surface area contributed by atoms with Crippen molar-refractivity contribution in [2.45, 2.75) is 32.9 Å². The first-order valence-corrected chi connectivity index (χ1v) is 9.67. The number of benzene rings is 2. The van der Waals surface area contributed by atoms with Gasteiger partial charge in [-0.15, -0.1) is 0 Å². The van der Waals surface area contributed by atoms with E-state index in [1.807, 2.05) is 42.6 Å². The molecule has 5 heteroatoms. The number of nitrogens with zero attached hydrogens (tertiary/aromatic N) is 2. The highest BCUT2D eigenvalue weighted by Gasteiger charge is 2.09.